The van der Waals surface area contributed by atoms with E-state index in [1.807, 2.05) is 67.6 Å². The Labute approximate surface area is 117 Å². The summed E-state index contributed by atoms with van der Waals surface area (Å²) in [6.07, 6.45) is 0. The zero-order valence-electron chi connectivity index (χ0n) is 11.1. The molecule has 20 heavy (non-hydrogen) atoms. The number of fused-ring (bicyclic) bond motifs is 4. The van der Waals surface area contributed by atoms with E-state index in [1.54, 1.807) is 0 Å². The minimum absolute atomic E-state index is 0.722. The highest BCUT2D eigenvalue weighted by atomic mass is 16.5. The van der Waals surface area contributed by atoms with Crippen molar-refractivity contribution in [3.05, 3.63) is 71.8 Å². The van der Waals surface area contributed by atoms with Crippen LogP contribution >= 0.6 is 0 Å². The van der Waals surface area contributed by atoms with E-state index in [0.717, 1.165) is 33.4 Å². The lowest BCUT2D eigenvalue weighted by Gasteiger charge is -2.34. The lowest BCUT2D eigenvalue weighted by atomic mass is 9.82. The van der Waals surface area contributed by atoms with E-state index in [4.69, 9.17) is 4.74 Å². The lowest BCUT2D eigenvalue weighted by Crippen LogP contribution is -2.27. The first kappa shape index (κ1) is 11.5. The van der Waals surface area contributed by atoms with Crippen molar-refractivity contribution in [2.45, 2.75) is 12.5 Å². The number of hydrogen-bond donors (Lipinski definition) is 1. The van der Waals surface area contributed by atoms with Crippen LogP contribution in [0.3, 0.4) is 0 Å². The maximum absolute atomic E-state index is 11.1. The van der Waals surface area contributed by atoms with E-state index in [0.29, 0.717) is 0 Å². The van der Waals surface area contributed by atoms with Crippen LogP contribution in [0.4, 0.5) is 0 Å². The zero-order valence-corrected chi connectivity index (χ0v) is 11.1. The topological polar surface area (TPSA) is 29.5 Å². The number of hydrogen-bond acceptors (Lipinski definition) is 2. The molecule has 0 bridgehead atoms. The number of aliphatic hydroxyl groups is 1. The van der Waals surface area contributed by atoms with Crippen molar-refractivity contribution in [2.75, 3.05) is 0 Å². The molecule has 2 nitrogen and oxygen atoms in total. The molecular weight excluding hydrogens is 248 g/mol. The van der Waals surface area contributed by atoms with Gasteiger partial charge in [0.2, 0.25) is 0 Å². The summed E-state index contributed by atoms with van der Waals surface area (Å²) in [4.78, 5) is 0. The summed E-state index contributed by atoms with van der Waals surface area (Å²) in [6, 6.07) is 19.7. The molecule has 0 fully saturated rings. The fourth-order valence-corrected chi connectivity index (χ4v) is 3.05. The number of benzene rings is 3. The molecule has 1 unspecified atom stereocenters. The molecule has 0 radical (unpaired) electrons. The third-order valence-corrected chi connectivity index (χ3v) is 4.01. The van der Waals surface area contributed by atoms with Crippen molar-refractivity contribution < 1.29 is 9.84 Å². The summed E-state index contributed by atoms with van der Waals surface area (Å²) < 4.78 is 5.96. The Morgan fingerprint density at radius 2 is 1.60 bits per heavy atom. The van der Waals surface area contributed by atoms with Crippen LogP contribution in [-0.4, -0.2) is 5.11 Å². The van der Waals surface area contributed by atoms with Crippen LogP contribution in [0.2, 0.25) is 0 Å². The molecule has 1 aliphatic rings. The van der Waals surface area contributed by atoms with Crippen LogP contribution in [0, 0.1) is 0 Å². The summed E-state index contributed by atoms with van der Waals surface area (Å²) in [7, 11) is 0. The maximum atomic E-state index is 11.1. The van der Waals surface area contributed by atoms with Gasteiger partial charge in [0, 0.05) is 11.1 Å². The van der Waals surface area contributed by atoms with Crippen LogP contribution in [-0.2, 0) is 5.60 Å². The molecule has 0 saturated carbocycles. The van der Waals surface area contributed by atoms with Crippen LogP contribution in [0.15, 0.2) is 60.7 Å². The van der Waals surface area contributed by atoms with Crippen molar-refractivity contribution in [3.63, 3.8) is 0 Å². The van der Waals surface area contributed by atoms with Gasteiger partial charge in [0.1, 0.15) is 17.1 Å². The predicted molar refractivity (Wildman–Crippen MR) is 79.1 cm³/mol. The second-order valence-electron chi connectivity index (χ2n) is 5.33. The van der Waals surface area contributed by atoms with Crippen molar-refractivity contribution in [2.24, 2.45) is 0 Å². The van der Waals surface area contributed by atoms with Gasteiger partial charge >= 0.3 is 0 Å². The van der Waals surface area contributed by atoms with Crippen molar-refractivity contribution in [1.29, 1.82) is 0 Å². The third kappa shape index (κ3) is 1.43. The smallest absolute Gasteiger partial charge is 0.134 e. The monoisotopic (exact) mass is 262 g/mol. The second kappa shape index (κ2) is 3.84. The fourth-order valence-electron chi connectivity index (χ4n) is 3.05. The Kier molecular flexibility index (Phi) is 2.21. The van der Waals surface area contributed by atoms with Gasteiger partial charge in [0.25, 0.3) is 0 Å². The molecular formula is C18H14O2. The molecule has 1 heterocycles. The lowest BCUT2D eigenvalue weighted by molar-refractivity contribution is 0.0918. The van der Waals surface area contributed by atoms with Crippen LogP contribution in [0.5, 0.6) is 11.5 Å². The normalized spacial score (nSPS) is 20.1. The molecule has 4 rings (SSSR count). The summed E-state index contributed by atoms with van der Waals surface area (Å²) >= 11 is 0. The summed E-state index contributed by atoms with van der Waals surface area (Å²) in [5.74, 6) is 1.45. The Balaban J connectivity index is 2.10. The number of rotatable bonds is 0. The van der Waals surface area contributed by atoms with Gasteiger partial charge in [-0.05, 0) is 29.8 Å². The molecule has 98 valence electrons. The summed E-state index contributed by atoms with van der Waals surface area (Å²) in [6.45, 7) is 1.83. The zero-order chi connectivity index (χ0) is 13.7. The van der Waals surface area contributed by atoms with Gasteiger partial charge in [-0.2, -0.15) is 0 Å². The van der Waals surface area contributed by atoms with Crippen LogP contribution < -0.4 is 4.74 Å². The highest BCUT2D eigenvalue weighted by Gasteiger charge is 2.37. The molecule has 3 aromatic rings. The number of para-hydroxylation sites is 1. The van der Waals surface area contributed by atoms with E-state index in [-0.39, 0.29) is 0 Å². The summed E-state index contributed by atoms with van der Waals surface area (Å²) in [5, 5.41) is 13.2. The summed E-state index contributed by atoms with van der Waals surface area (Å²) in [5.41, 5.74) is 0.601. The van der Waals surface area contributed by atoms with Gasteiger partial charge in [0.15, 0.2) is 0 Å². The van der Waals surface area contributed by atoms with Crippen molar-refractivity contribution >= 4 is 10.8 Å². The van der Waals surface area contributed by atoms with Gasteiger partial charge in [-0.1, -0.05) is 48.5 Å². The Morgan fingerprint density at radius 1 is 0.850 bits per heavy atom. The highest BCUT2D eigenvalue weighted by molar-refractivity contribution is 5.90. The molecule has 1 atom stereocenters. The van der Waals surface area contributed by atoms with Crippen molar-refractivity contribution in [1.82, 2.24) is 0 Å². The molecule has 2 heteroatoms. The fraction of sp³-hybridized carbons (Fsp3) is 0.111. The molecule has 0 aromatic heterocycles. The SMILES string of the molecule is CC1(O)c2ccccc2Oc2ccc3ccccc3c21. The molecule has 0 saturated heterocycles. The molecule has 0 amide bonds. The molecule has 3 aromatic carbocycles. The van der Waals surface area contributed by atoms with Gasteiger partial charge in [-0.15, -0.1) is 0 Å². The maximum Gasteiger partial charge on any atom is 0.134 e. The van der Waals surface area contributed by atoms with E-state index in [9.17, 15) is 5.11 Å². The van der Waals surface area contributed by atoms with E-state index >= 15 is 0 Å². The quantitative estimate of drug-likeness (QED) is 0.658. The third-order valence-electron chi connectivity index (χ3n) is 4.01. The Hall–Kier alpha value is -2.32. The van der Waals surface area contributed by atoms with Gasteiger partial charge < -0.3 is 9.84 Å². The first-order valence-electron chi connectivity index (χ1n) is 6.70. The Morgan fingerprint density at radius 3 is 2.50 bits per heavy atom. The van der Waals surface area contributed by atoms with E-state index in [2.05, 4.69) is 0 Å². The van der Waals surface area contributed by atoms with E-state index < -0.39 is 5.60 Å². The average molecular weight is 262 g/mol. The van der Waals surface area contributed by atoms with Crippen LogP contribution in [0.25, 0.3) is 10.8 Å². The average Bonchev–Trinajstić information content (AvgIpc) is 2.46. The van der Waals surface area contributed by atoms with Crippen molar-refractivity contribution in [3.8, 4) is 11.5 Å². The molecule has 0 spiro atoms. The predicted octanol–water partition coefficient (Wildman–Crippen LogP) is 4.20. The minimum atomic E-state index is -1.05. The van der Waals surface area contributed by atoms with Gasteiger partial charge in [0.05, 0.1) is 0 Å². The minimum Gasteiger partial charge on any atom is -0.457 e. The first-order chi connectivity index (χ1) is 9.68. The molecule has 0 aliphatic carbocycles. The highest BCUT2D eigenvalue weighted by Crippen LogP contribution is 2.48. The second-order valence-corrected chi connectivity index (χ2v) is 5.33. The van der Waals surface area contributed by atoms with Crippen LogP contribution in [0.1, 0.15) is 18.1 Å². The van der Waals surface area contributed by atoms with Gasteiger partial charge in [-0.3, -0.25) is 0 Å². The van der Waals surface area contributed by atoms with Gasteiger partial charge in [-0.25, -0.2) is 0 Å². The number of ether oxygens (including phenoxy) is 1. The first-order valence-corrected chi connectivity index (χ1v) is 6.70. The molecule has 1 aliphatic heterocycles. The standard InChI is InChI=1S/C18H14O2/c1-18(19)14-8-4-5-9-15(14)20-16-11-10-12-6-2-3-7-13(12)17(16)18/h2-11,19H,1H3. The van der Waals surface area contributed by atoms with E-state index in [1.165, 1.54) is 0 Å². The molecule has 1 N–H and O–H groups in total. The Bertz CT molecular complexity index is 819. The largest absolute Gasteiger partial charge is 0.457 e.